The van der Waals surface area contributed by atoms with Crippen molar-refractivity contribution in [1.82, 2.24) is 0 Å². The Morgan fingerprint density at radius 3 is 1.26 bits per heavy atom. The lowest BCUT2D eigenvalue weighted by Gasteiger charge is -2.39. The Balaban J connectivity index is 1.31. The van der Waals surface area contributed by atoms with Crippen molar-refractivity contribution in [3.63, 3.8) is 0 Å². The van der Waals surface area contributed by atoms with Crippen molar-refractivity contribution in [2.45, 2.75) is 24.7 Å². The van der Waals surface area contributed by atoms with Gasteiger partial charge >= 0.3 is 0 Å². The molecule has 2 aliphatic carbocycles. The van der Waals surface area contributed by atoms with Crippen molar-refractivity contribution in [1.29, 1.82) is 0 Å². The van der Waals surface area contributed by atoms with E-state index >= 15 is 14.4 Å². The summed E-state index contributed by atoms with van der Waals surface area (Å²) in [6.07, 6.45) is 0. The maximum absolute atomic E-state index is 16.1. The number of hydrogen-bond donors (Lipinski definition) is 0. The number of amides is 2. The summed E-state index contributed by atoms with van der Waals surface area (Å²) >= 11 is 0. The van der Waals surface area contributed by atoms with E-state index < -0.39 is 39.4 Å². The first kappa shape index (κ1) is 33.1. The number of nitrogens with zero attached hydrogens (tertiary/aromatic N) is 2. The van der Waals surface area contributed by atoms with E-state index in [0.717, 1.165) is 44.5 Å². The molecular weight excluding hydrogens is 673 g/mol. The zero-order chi connectivity index (χ0) is 37.4. The number of rotatable bonds is 7. The number of carbonyl (C=O) groups is 3. The average Bonchev–Trinajstić information content (AvgIpc) is 3.71. The van der Waals surface area contributed by atoms with Crippen molar-refractivity contribution in [2.24, 2.45) is 11.8 Å². The highest BCUT2D eigenvalue weighted by atomic mass is 16.6. The van der Waals surface area contributed by atoms with Gasteiger partial charge in [-0.3, -0.25) is 24.5 Å². The maximum atomic E-state index is 16.1. The van der Waals surface area contributed by atoms with Gasteiger partial charge in [-0.25, -0.2) is 4.90 Å². The van der Waals surface area contributed by atoms with E-state index in [-0.39, 0.29) is 11.5 Å². The van der Waals surface area contributed by atoms with Gasteiger partial charge in [0.2, 0.25) is 11.8 Å². The molecule has 9 rings (SSSR count). The molecule has 1 saturated heterocycles. The van der Waals surface area contributed by atoms with E-state index in [4.69, 9.17) is 0 Å². The number of carbonyl (C=O) groups excluding carboxylic acids is 3. The summed E-state index contributed by atoms with van der Waals surface area (Å²) in [5.41, 5.74) is 5.58. The number of hydrogen-bond acceptors (Lipinski definition) is 5. The minimum atomic E-state index is -1.49. The molecule has 1 heterocycles. The maximum Gasteiger partial charge on any atom is 0.269 e. The molecule has 0 N–H and O–H groups in total. The predicted molar refractivity (Wildman–Crippen MR) is 208 cm³/mol. The number of nitro groups is 1. The monoisotopic (exact) mass is 706 g/mol. The molecule has 6 aromatic rings. The van der Waals surface area contributed by atoms with E-state index in [0.29, 0.717) is 16.8 Å². The Labute approximate surface area is 312 Å². The second-order valence-corrected chi connectivity index (χ2v) is 14.5. The molecule has 54 heavy (non-hydrogen) atoms. The third-order valence-electron chi connectivity index (χ3n) is 11.7. The van der Waals surface area contributed by atoms with Gasteiger partial charge in [0.25, 0.3) is 5.69 Å². The summed E-state index contributed by atoms with van der Waals surface area (Å²) in [7, 11) is 0. The van der Waals surface area contributed by atoms with E-state index in [9.17, 15) is 10.1 Å². The molecule has 1 aliphatic heterocycles. The molecule has 2 amide bonds. The van der Waals surface area contributed by atoms with Crippen LogP contribution < -0.4 is 4.90 Å². The third-order valence-corrected chi connectivity index (χ3v) is 11.7. The number of Topliss-reactive ketones (excluding diaryl/α,β-unsaturated/α-hetero) is 1. The third kappa shape index (κ3) is 4.45. The molecule has 0 aromatic heterocycles. The number of imide groups is 1. The highest BCUT2D eigenvalue weighted by Gasteiger charge is 2.82. The Morgan fingerprint density at radius 2 is 0.870 bits per heavy atom. The predicted octanol–water partition coefficient (Wildman–Crippen LogP) is 9.07. The number of nitro benzene ring substituents is 1. The Kier molecular flexibility index (Phi) is 7.47. The lowest BCUT2D eigenvalue weighted by molar-refractivity contribution is -0.384. The van der Waals surface area contributed by atoms with Crippen LogP contribution in [0.2, 0.25) is 0 Å². The van der Waals surface area contributed by atoms with Crippen LogP contribution in [0.1, 0.15) is 33.4 Å². The highest BCUT2D eigenvalue weighted by molar-refractivity contribution is 6.39. The Morgan fingerprint density at radius 1 is 0.500 bits per heavy atom. The van der Waals surface area contributed by atoms with Gasteiger partial charge in [0.1, 0.15) is 0 Å². The number of non-ortho nitro benzene ring substituents is 1. The molecule has 262 valence electrons. The fraction of sp³-hybridized carbons (Fsp3) is 0.128. The molecule has 0 radical (unpaired) electrons. The van der Waals surface area contributed by atoms with Crippen molar-refractivity contribution in [3.05, 3.63) is 201 Å². The molecule has 2 fully saturated rings. The number of allylic oxidation sites excluding steroid dienone is 2. The van der Waals surface area contributed by atoms with Gasteiger partial charge in [-0.2, -0.15) is 0 Å². The molecule has 2 bridgehead atoms. The summed E-state index contributed by atoms with van der Waals surface area (Å²) in [6, 6.07) is 48.6. The second kappa shape index (κ2) is 12.2. The van der Waals surface area contributed by atoms with Gasteiger partial charge in [-0.1, -0.05) is 132 Å². The van der Waals surface area contributed by atoms with Gasteiger partial charge in [0, 0.05) is 12.1 Å². The molecular formula is C47H34N2O5. The van der Waals surface area contributed by atoms with Crippen molar-refractivity contribution < 1.29 is 19.3 Å². The molecule has 6 aromatic carbocycles. The van der Waals surface area contributed by atoms with Crippen LogP contribution in [0.15, 0.2) is 158 Å². The zero-order valence-electron chi connectivity index (χ0n) is 29.6. The van der Waals surface area contributed by atoms with Crippen LogP contribution in [-0.4, -0.2) is 22.5 Å². The molecule has 1 saturated carbocycles. The van der Waals surface area contributed by atoms with Crippen LogP contribution in [0, 0.1) is 35.8 Å². The Bertz CT molecular complexity index is 2400. The van der Waals surface area contributed by atoms with Crippen molar-refractivity contribution in [2.75, 3.05) is 4.90 Å². The van der Waals surface area contributed by atoms with E-state index in [1.165, 1.54) is 17.0 Å². The lowest BCUT2D eigenvalue weighted by atomic mass is 9.59. The van der Waals surface area contributed by atoms with Gasteiger partial charge in [0.05, 0.1) is 33.3 Å². The first-order chi connectivity index (χ1) is 26.2. The van der Waals surface area contributed by atoms with E-state index in [2.05, 4.69) is 0 Å². The summed E-state index contributed by atoms with van der Waals surface area (Å²) < 4.78 is 0. The topological polar surface area (TPSA) is 97.6 Å². The minimum Gasteiger partial charge on any atom is -0.297 e. The average molecular weight is 707 g/mol. The zero-order valence-corrected chi connectivity index (χ0v) is 29.6. The van der Waals surface area contributed by atoms with Gasteiger partial charge < -0.3 is 0 Å². The van der Waals surface area contributed by atoms with E-state index in [1.54, 1.807) is 36.4 Å². The SMILES string of the molecule is Cc1ccc(C2=C(c3ccc(C)cc3)[C@@]3(c4ccccc4)C(=O)[C@@]2(c2ccccc2)[C@@H]2C(=O)N(c4ccc(-c5ccc([N+](=O)[O-])cc5)cc4)C(=O)[C@H]23)cc1. The number of aryl methyl sites for hydroxylation is 2. The van der Waals surface area contributed by atoms with Gasteiger partial charge in [-0.05, 0) is 82.6 Å². The van der Waals surface area contributed by atoms with Crippen LogP contribution in [0.5, 0.6) is 0 Å². The normalized spacial score (nSPS) is 22.9. The van der Waals surface area contributed by atoms with Crippen LogP contribution in [0.4, 0.5) is 11.4 Å². The number of ketones is 1. The number of anilines is 1. The smallest absolute Gasteiger partial charge is 0.269 e. The van der Waals surface area contributed by atoms with Crippen molar-refractivity contribution >= 4 is 40.1 Å². The first-order valence-corrected chi connectivity index (χ1v) is 18.0. The quantitative estimate of drug-likeness (QED) is 0.0938. The molecule has 7 nitrogen and oxygen atoms in total. The standard InChI is InChI=1S/C47H34N2O5/c1-29-13-17-33(18-14-29)39-40(34-19-15-30(2)16-20-34)47(36-11-7-4-8-12-36)42-41(46(39,45(47)52)35-9-5-3-6-10-35)43(50)48(44(42)51)37-25-21-31(22-26-37)32-23-27-38(28-24-32)49(53)54/h3-28,41-42H,1-2H3/t41-,42-,46+,47+/m0/s1. The van der Waals surface area contributed by atoms with Crippen molar-refractivity contribution in [3.8, 4) is 11.1 Å². The van der Waals surface area contributed by atoms with Gasteiger partial charge in [-0.15, -0.1) is 0 Å². The fourth-order valence-corrected chi connectivity index (χ4v) is 9.40. The van der Waals surface area contributed by atoms with Crippen LogP contribution in [-0.2, 0) is 25.2 Å². The molecule has 7 heteroatoms. The summed E-state index contributed by atoms with van der Waals surface area (Å²) in [4.78, 5) is 58.8. The molecule has 0 unspecified atom stereocenters. The van der Waals surface area contributed by atoms with Crippen LogP contribution >= 0.6 is 0 Å². The fourth-order valence-electron chi connectivity index (χ4n) is 9.40. The number of benzene rings is 6. The largest absolute Gasteiger partial charge is 0.297 e. The number of fused-ring (bicyclic) bond motifs is 5. The highest BCUT2D eigenvalue weighted by Crippen LogP contribution is 2.74. The van der Waals surface area contributed by atoms with Gasteiger partial charge in [0.15, 0.2) is 5.78 Å². The van der Waals surface area contributed by atoms with Crippen LogP contribution in [0.3, 0.4) is 0 Å². The summed E-state index contributed by atoms with van der Waals surface area (Å²) in [5, 5.41) is 11.2. The second-order valence-electron chi connectivity index (χ2n) is 14.5. The summed E-state index contributed by atoms with van der Waals surface area (Å²) in [5.74, 6) is -3.06. The first-order valence-electron chi connectivity index (χ1n) is 18.0. The molecule has 3 aliphatic rings. The Hall–Kier alpha value is -6.73. The minimum absolute atomic E-state index is 0.0114. The van der Waals surface area contributed by atoms with E-state index in [1.807, 2.05) is 123 Å². The lowest BCUT2D eigenvalue weighted by Crippen LogP contribution is -2.45. The summed E-state index contributed by atoms with van der Waals surface area (Å²) in [6.45, 7) is 4.03. The van der Waals surface area contributed by atoms with Crippen LogP contribution in [0.25, 0.3) is 22.3 Å². The molecule has 4 atom stereocenters. The molecule has 0 spiro atoms.